The number of nitrogens with zero attached hydrogens (tertiary/aromatic N) is 4. The van der Waals surface area contributed by atoms with Gasteiger partial charge in [0.2, 0.25) is 5.91 Å². The Labute approximate surface area is 175 Å². The minimum atomic E-state index is -0.357. The van der Waals surface area contributed by atoms with Crippen LogP contribution in [0.1, 0.15) is 38.8 Å². The Balaban J connectivity index is 1.69. The number of thioether (sulfide) groups is 1. The SMILES string of the molecule is CCOC(=O)Cc1nnc(SCC(=O)N2C[C@H](C)C[C@@H](C)C2)n1Cc1ccco1. The summed E-state index contributed by atoms with van der Waals surface area (Å²) in [5.74, 6) is 2.29. The minimum absolute atomic E-state index is 0.0250. The second-order valence-electron chi connectivity index (χ2n) is 7.58. The number of rotatable bonds is 8. The fraction of sp³-hybridized carbons (Fsp3) is 0.600. The number of hydrogen-bond acceptors (Lipinski definition) is 7. The summed E-state index contributed by atoms with van der Waals surface area (Å²) in [6.07, 6.45) is 2.78. The van der Waals surface area contributed by atoms with Crippen LogP contribution in [0.25, 0.3) is 0 Å². The molecule has 0 unspecified atom stereocenters. The van der Waals surface area contributed by atoms with E-state index in [1.54, 1.807) is 19.3 Å². The number of carbonyl (C=O) groups is 2. The number of aromatic nitrogens is 3. The van der Waals surface area contributed by atoms with Gasteiger partial charge < -0.3 is 14.1 Å². The smallest absolute Gasteiger partial charge is 0.313 e. The predicted octanol–water partition coefficient (Wildman–Crippen LogP) is 2.62. The topological polar surface area (TPSA) is 90.5 Å². The highest BCUT2D eigenvalue weighted by Gasteiger charge is 2.26. The van der Waals surface area contributed by atoms with Crippen molar-refractivity contribution in [2.45, 2.75) is 45.3 Å². The molecular formula is C20H28N4O4S. The maximum absolute atomic E-state index is 12.7. The Hall–Kier alpha value is -2.29. The normalized spacial score (nSPS) is 19.3. The van der Waals surface area contributed by atoms with Gasteiger partial charge >= 0.3 is 5.97 Å². The van der Waals surface area contributed by atoms with Crippen molar-refractivity contribution in [1.82, 2.24) is 19.7 Å². The van der Waals surface area contributed by atoms with Gasteiger partial charge in [0.1, 0.15) is 18.0 Å². The number of ether oxygens (including phenoxy) is 1. The van der Waals surface area contributed by atoms with Crippen LogP contribution in [-0.2, 0) is 27.3 Å². The van der Waals surface area contributed by atoms with Crippen molar-refractivity contribution in [3.05, 3.63) is 30.0 Å². The van der Waals surface area contributed by atoms with E-state index in [0.717, 1.165) is 25.3 Å². The number of furan rings is 1. The van der Waals surface area contributed by atoms with Gasteiger partial charge in [-0.15, -0.1) is 10.2 Å². The fourth-order valence-corrected chi connectivity index (χ4v) is 4.56. The first-order chi connectivity index (χ1) is 14.0. The Kier molecular flexibility index (Phi) is 7.35. The molecule has 0 radical (unpaired) electrons. The molecule has 3 heterocycles. The first-order valence-corrected chi connectivity index (χ1v) is 11.0. The van der Waals surface area contributed by atoms with E-state index >= 15 is 0 Å². The molecule has 9 heteroatoms. The first-order valence-electron chi connectivity index (χ1n) is 9.96. The van der Waals surface area contributed by atoms with Crippen LogP contribution in [0.5, 0.6) is 0 Å². The lowest BCUT2D eigenvalue weighted by atomic mass is 9.92. The van der Waals surface area contributed by atoms with Crippen LogP contribution in [-0.4, -0.2) is 57.0 Å². The van der Waals surface area contributed by atoms with Crippen LogP contribution in [0.3, 0.4) is 0 Å². The summed E-state index contributed by atoms with van der Waals surface area (Å²) in [5, 5.41) is 8.96. The number of hydrogen-bond donors (Lipinski definition) is 0. The van der Waals surface area contributed by atoms with E-state index in [0.29, 0.717) is 36.0 Å². The van der Waals surface area contributed by atoms with Crippen LogP contribution >= 0.6 is 11.8 Å². The molecule has 0 spiro atoms. The molecule has 0 N–H and O–H groups in total. The van der Waals surface area contributed by atoms with Crippen molar-refractivity contribution < 1.29 is 18.7 Å². The quantitative estimate of drug-likeness (QED) is 0.479. The summed E-state index contributed by atoms with van der Waals surface area (Å²) in [6, 6.07) is 3.66. The van der Waals surface area contributed by atoms with Crippen LogP contribution in [0, 0.1) is 11.8 Å². The number of piperidine rings is 1. The van der Waals surface area contributed by atoms with Crippen molar-refractivity contribution in [2.75, 3.05) is 25.4 Å². The number of esters is 1. The first kappa shape index (κ1) is 21.4. The lowest BCUT2D eigenvalue weighted by Gasteiger charge is -2.34. The van der Waals surface area contributed by atoms with Crippen molar-refractivity contribution in [2.24, 2.45) is 11.8 Å². The van der Waals surface area contributed by atoms with Gasteiger partial charge in [-0.25, -0.2) is 0 Å². The van der Waals surface area contributed by atoms with Crippen molar-refractivity contribution in [3.63, 3.8) is 0 Å². The maximum Gasteiger partial charge on any atom is 0.313 e. The van der Waals surface area contributed by atoms with Crippen molar-refractivity contribution >= 4 is 23.6 Å². The zero-order valence-corrected chi connectivity index (χ0v) is 18.0. The zero-order valence-electron chi connectivity index (χ0n) is 17.2. The lowest BCUT2D eigenvalue weighted by Crippen LogP contribution is -2.43. The summed E-state index contributed by atoms with van der Waals surface area (Å²) in [6.45, 7) is 8.45. The monoisotopic (exact) mass is 420 g/mol. The molecule has 0 aliphatic carbocycles. The summed E-state index contributed by atoms with van der Waals surface area (Å²) >= 11 is 1.34. The highest BCUT2D eigenvalue weighted by Crippen LogP contribution is 2.24. The Bertz CT molecular complexity index is 811. The Morgan fingerprint density at radius 1 is 1.28 bits per heavy atom. The van der Waals surface area contributed by atoms with E-state index in [1.807, 2.05) is 15.5 Å². The molecule has 1 aliphatic heterocycles. The molecule has 2 atom stereocenters. The van der Waals surface area contributed by atoms with E-state index in [-0.39, 0.29) is 24.1 Å². The standard InChI is InChI=1S/C20H28N4O4S/c1-4-27-19(26)9-17-21-22-20(24(17)12-16-6-5-7-28-16)29-13-18(25)23-10-14(2)8-15(3)11-23/h5-7,14-15H,4,8-13H2,1-3H3/t14-,15-/m1/s1. The molecule has 158 valence electrons. The highest BCUT2D eigenvalue weighted by molar-refractivity contribution is 7.99. The summed E-state index contributed by atoms with van der Waals surface area (Å²) in [5.41, 5.74) is 0. The summed E-state index contributed by atoms with van der Waals surface area (Å²) in [4.78, 5) is 26.6. The Morgan fingerprint density at radius 2 is 2.03 bits per heavy atom. The number of carbonyl (C=O) groups excluding carboxylic acids is 2. The van der Waals surface area contributed by atoms with Crippen molar-refractivity contribution in [3.8, 4) is 0 Å². The second kappa shape index (κ2) is 9.96. The molecule has 1 aliphatic rings. The minimum Gasteiger partial charge on any atom is -0.467 e. The van der Waals surface area contributed by atoms with E-state index in [9.17, 15) is 9.59 Å². The van der Waals surface area contributed by atoms with Gasteiger partial charge in [-0.1, -0.05) is 25.6 Å². The van der Waals surface area contributed by atoms with E-state index < -0.39 is 0 Å². The highest BCUT2D eigenvalue weighted by atomic mass is 32.2. The number of amides is 1. The van der Waals surface area contributed by atoms with Gasteiger partial charge in [-0.05, 0) is 37.3 Å². The zero-order chi connectivity index (χ0) is 20.8. The average molecular weight is 421 g/mol. The molecule has 3 rings (SSSR count). The van der Waals surface area contributed by atoms with Gasteiger partial charge in [0.05, 0.1) is 25.2 Å². The molecule has 2 aromatic heterocycles. The molecule has 8 nitrogen and oxygen atoms in total. The van der Waals surface area contributed by atoms with Crippen molar-refractivity contribution in [1.29, 1.82) is 0 Å². The van der Waals surface area contributed by atoms with Gasteiger partial charge in [-0.3, -0.25) is 14.2 Å². The van der Waals surface area contributed by atoms with Crippen LogP contribution in [0.2, 0.25) is 0 Å². The maximum atomic E-state index is 12.7. The van der Waals surface area contributed by atoms with Gasteiger partial charge in [0.25, 0.3) is 0 Å². The van der Waals surface area contributed by atoms with Crippen LogP contribution in [0.15, 0.2) is 28.0 Å². The molecule has 0 aromatic carbocycles. The third kappa shape index (κ3) is 5.85. The summed E-state index contributed by atoms with van der Waals surface area (Å²) < 4.78 is 12.3. The Morgan fingerprint density at radius 3 is 2.69 bits per heavy atom. The number of likely N-dealkylation sites (tertiary alicyclic amines) is 1. The lowest BCUT2D eigenvalue weighted by molar-refractivity contribution is -0.142. The molecule has 1 saturated heterocycles. The van der Waals surface area contributed by atoms with E-state index in [2.05, 4.69) is 24.0 Å². The molecular weight excluding hydrogens is 392 g/mol. The van der Waals surface area contributed by atoms with E-state index in [4.69, 9.17) is 9.15 Å². The third-order valence-corrected chi connectivity index (χ3v) is 5.79. The van der Waals surface area contributed by atoms with Gasteiger partial charge in [0.15, 0.2) is 5.16 Å². The third-order valence-electron chi connectivity index (χ3n) is 4.84. The molecule has 1 amide bonds. The van der Waals surface area contributed by atoms with Gasteiger partial charge in [-0.2, -0.15) is 0 Å². The average Bonchev–Trinajstić information content (AvgIpc) is 3.30. The molecule has 2 aromatic rings. The summed E-state index contributed by atoms with van der Waals surface area (Å²) in [7, 11) is 0. The molecule has 29 heavy (non-hydrogen) atoms. The van der Waals surface area contributed by atoms with Gasteiger partial charge in [0, 0.05) is 13.1 Å². The second-order valence-corrected chi connectivity index (χ2v) is 8.52. The molecule has 0 saturated carbocycles. The van der Waals surface area contributed by atoms with Crippen LogP contribution in [0.4, 0.5) is 0 Å². The molecule has 1 fully saturated rings. The largest absolute Gasteiger partial charge is 0.467 e. The fourth-order valence-electron chi connectivity index (χ4n) is 3.70. The predicted molar refractivity (Wildman–Crippen MR) is 108 cm³/mol. The van der Waals surface area contributed by atoms with Crippen LogP contribution < -0.4 is 0 Å². The van der Waals surface area contributed by atoms with E-state index in [1.165, 1.54) is 11.8 Å². The molecule has 0 bridgehead atoms.